The lowest BCUT2D eigenvalue weighted by Gasteiger charge is -1.86. The third-order valence-corrected chi connectivity index (χ3v) is 0.692. The maximum Gasteiger partial charge on any atom is 0.111 e. The number of allylic oxidation sites excluding steroid dienone is 1. The van der Waals surface area contributed by atoms with Crippen molar-refractivity contribution in [2.75, 3.05) is 6.61 Å². The Morgan fingerprint density at radius 3 is 2.62 bits per heavy atom. The molecule has 2 nitrogen and oxygen atoms in total. The maximum atomic E-state index is 8.62. The van der Waals surface area contributed by atoms with Crippen LogP contribution < -0.4 is 0 Å². The van der Waals surface area contributed by atoms with E-state index in [4.69, 9.17) is 10.2 Å². The van der Waals surface area contributed by atoms with E-state index in [1.54, 1.807) is 0 Å². The Morgan fingerprint density at radius 1 is 1.62 bits per heavy atom. The Kier molecular flexibility index (Phi) is 3.98. The van der Waals surface area contributed by atoms with Gasteiger partial charge in [0, 0.05) is 6.61 Å². The van der Waals surface area contributed by atoms with E-state index in [-0.39, 0.29) is 12.4 Å². The molecule has 0 rings (SSSR count). The largest absolute Gasteiger partial charge is 0.508 e. The molecule has 0 atom stereocenters. The topological polar surface area (TPSA) is 40.5 Å². The average Bonchev–Trinajstić information content (AvgIpc) is 1.83. The fourth-order valence-electron chi connectivity index (χ4n) is 0.296. The third kappa shape index (κ3) is 3.43. The summed E-state index contributed by atoms with van der Waals surface area (Å²) in [5, 5.41) is 16.8. The highest BCUT2D eigenvalue weighted by Gasteiger charge is 1.79. The van der Waals surface area contributed by atoms with Crippen molar-refractivity contribution in [3.8, 4) is 0 Å². The molecule has 2 N–H and O–H groups in total. The van der Waals surface area contributed by atoms with Gasteiger partial charge in [-0.1, -0.05) is 6.58 Å². The van der Waals surface area contributed by atoms with Gasteiger partial charge in [0.05, 0.1) is 0 Å². The Bertz CT molecular complexity index is 94.7. The predicted molar refractivity (Wildman–Crippen MR) is 32.6 cm³/mol. The molecule has 2 heteroatoms. The van der Waals surface area contributed by atoms with E-state index in [1.165, 1.54) is 12.2 Å². The zero-order valence-electron chi connectivity index (χ0n) is 4.67. The van der Waals surface area contributed by atoms with Crippen molar-refractivity contribution >= 4 is 0 Å². The summed E-state index contributed by atoms with van der Waals surface area (Å²) in [7, 11) is 0. The first-order valence-electron chi connectivity index (χ1n) is 2.43. The summed E-state index contributed by atoms with van der Waals surface area (Å²) in [6, 6.07) is 0. The van der Waals surface area contributed by atoms with E-state index in [2.05, 4.69) is 6.58 Å². The normalized spacial score (nSPS) is 11.4. The summed E-state index contributed by atoms with van der Waals surface area (Å²) in [5.41, 5.74) is 0. The van der Waals surface area contributed by atoms with Crippen LogP contribution >= 0.6 is 0 Å². The molecule has 0 saturated carbocycles. The van der Waals surface area contributed by atoms with E-state index in [9.17, 15) is 0 Å². The van der Waals surface area contributed by atoms with Crippen LogP contribution in [0, 0.1) is 0 Å². The zero-order chi connectivity index (χ0) is 6.41. The molecule has 0 heterocycles. The van der Waals surface area contributed by atoms with Gasteiger partial charge in [-0.15, -0.1) is 0 Å². The Balaban J connectivity index is 3.40. The van der Waals surface area contributed by atoms with Gasteiger partial charge in [0.1, 0.15) is 5.76 Å². The summed E-state index contributed by atoms with van der Waals surface area (Å²) in [4.78, 5) is 0. The number of hydrogen-bond acceptors (Lipinski definition) is 2. The molecule has 46 valence electrons. The summed E-state index contributed by atoms with van der Waals surface area (Å²) in [5.74, 6) is 0.124. The van der Waals surface area contributed by atoms with Crippen LogP contribution in [0.2, 0.25) is 0 Å². The van der Waals surface area contributed by atoms with Gasteiger partial charge < -0.3 is 10.2 Å². The molecule has 0 bridgehead atoms. The van der Waals surface area contributed by atoms with Gasteiger partial charge in [-0.05, 0) is 18.6 Å². The highest BCUT2D eigenvalue weighted by atomic mass is 16.3. The molecular formula is C6H10O2. The van der Waals surface area contributed by atoms with Crippen LogP contribution in [0.4, 0.5) is 0 Å². The van der Waals surface area contributed by atoms with Crippen molar-refractivity contribution in [3.05, 3.63) is 24.5 Å². The number of aliphatic hydroxyl groups excluding tert-OH is 2. The number of rotatable bonds is 3. The molecule has 0 aliphatic heterocycles. The standard InChI is InChI=1S/C6H10O2/c1-2-6(8)4-3-5-7/h2,4,7-8H,1,3,5H2. The first-order valence-corrected chi connectivity index (χ1v) is 2.43. The minimum absolute atomic E-state index is 0.0674. The van der Waals surface area contributed by atoms with Crippen LogP contribution in [0.15, 0.2) is 24.5 Å². The second-order valence-electron chi connectivity index (χ2n) is 1.35. The lowest BCUT2D eigenvalue weighted by atomic mass is 10.3. The van der Waals surface area contributed by atoms with Crippen molar-refractivity contribution in [3.63, 3.8) is 0 Å². The fraction of sp³-hybridized carbons (Fsp3) is 0.333. The molecule has 0 aromatic rings. The predicted octanol–water partition coefficient (Wildman–Crippen LogP) is 0.997. The van der Waals surface area contributed by atoms with Gasteiger partial charge in [0.25, 0.3) is 0 Å². The van der Waals surface area contributed by atoms with Crippen LogP contribution in [0.5, 0.6) is 0 Å². The van der Waals surface area contributed by atoms with Crippen LogP contribution in [-0.2, 0) is 0 Å². The van der Waals surface area contributed by atoms with Gasteiger partial charge >= 0.3 is 0 Å². The van der Waals surface area contributed by atoms with E-state index < -0.39 is 0 Å². The number of hydrogen-bond donors (Lipinski definition) is 2. The van der Waals surface area contributed by atoms with E-state index in [1.807, 2.05) is 0 Å². The Morgan fingerprint density at radius 2 is 2.25 bits per heavy atom. The lowest BCUT2D eigenvalue weighted by molar-refractivity contribution is 0.300. The lowest BCUT2D eigenvalue weighted by Crippen LogP contribution is -1.78. The van der Waals surface area contributed by atoms with Crippen molar-refractivity contribution in [2.45, 2.75) is 6.42 Å². The van der Waals surface area contributed by atoms with Gasteiger partial charge in [-0.25, -0.2) is 0 Å². The summed E-state index contributed by atoms with van der Waals surface area (Å²) in [6.07, 6.45) is 3.32. The van der Waals surface area contributed by atoms with Crippen LogP contribution in [-0.4, -0.2) is 16.8 Å². The van der Waals surface area contributed by atoms with Gasteiger partial charge in [0.15, 0.2) is 0 Å². The average molecular weight is 114 g/mol. The van der Waals surface area contributed by atoms with Crippen LogP contribution in [0.3, 0.4) is 0 Å². The molecule has 0 fully saturated rings. The monoisotopic (exact) mass is 114 g/mol. The summed E-state index contributed by atoms with van der Waals surface area (Å²) in [6.45, 7) is 3.38. The number of aliphatic hydroxyl groups is 2. The molecule has 0 aliphatic rings. The molecule has 0 amide bonds. The fourth-order valence-corrected chi connectivity index (χ4v) is 0.296. The Labute approximate surface area is 48.8 Å². The zero-order valence-corrected chi connectivity index (χ0v) is 4.67. The molecule has 0 aromatic carbocycles. The molecule has 0 aromatic heterocycles. The smallest absolute Gasteiger partial charge is 0.111 e. The van der Waals surface area contributed by atoms with Gasteiger partial charge in [-0.2, -0.15) is 0 Å². The first kappa shape index (κ1) is 7.24. The maximum absolute atomic E-state index is 8.62. The summed E-state index contributed by atoms with van der Waals surface area (Å²) < 4.78 is 0. The Hall–Kier alpha value is -0.760. The van der Waals surface area contributed by atoms with Crippen LogP contribution in [0.1, 0.15) is 6.42 Å². The summed E-state index contributed by atoms with van der Waals surface area (Å²) >= 11 is 0. The van der Waals surface area contributed by atoms with E-state index >= 15 is 0 Å². The second-order valence-corrected chi connectivity index (χ2v) is 1.35. The SMILES string of the molecule is C=CC(O)=CCCO. The minimum Gasteiger partial charge on any atom is -0.508 e. The molecule has 0 spiro atoms. The molecule has 0 saturated heterocycles. The quantitative estimate of drug-likeness (QED) is 0.424. The van der Waals surface area contributed by atoms with E-state index in [0.29, 0.717) is 6.42 Å². The van der Waals surface area contributed by atoms with Gasteiger partial charge in [-0.3, -0.25) is 0 Å². The third-order valence-electron chi connectivity index (χ3n) is 0.692. The van der Waals surface area contributed by atoms with E-state index in [0.717, 1.165) is 0 Å². The van der Waals surface area contributed by atoms with Gasteiger partial charge in [0.2, 0.25) is 0 Å². The molecule has 0 aliphatic carbocycles. The highest BCUT2D eigenvalue weighted by Crippen LogP contribution is 1.89. The second kappa shape index (κ2) is 4.40. The highest BCUT2D eigenvalue weighted by molar-refractivity contribution is 5.05. The minimum atomic E-state index is 0.0674. The molecule has 0 unspecified atom stereocenters. The molecule has 8 heavy (non-hydrogen) atoms. The molecule has 0 radical (unpaired) electrons. The first-order chi connectivity index (χ1) is 3.81. The van der Waals surface area contributed by atoms with Crippen molar-refractivity contribution in [1.29, 1.82) is 0 Å². The van der Waals surface area contributed by atoms with Crippen LogP contribution in [0.25, 0.3) is 0 Å². The van der Waals surface area contributed by atoms with Crippen molar-refractivity contribution < 1.29 is 10.2 Å². The molecular weight excluding hydrogens is 104 g/mol. The van der Waals surface area contributed by atoms with Crippen molar-refractivity contribution in [1.82, 2.24) is 0 Å². The van der Waals surface area contributed by atoms with Crippen molar-refractivity contribution in [2.24, 2.45) is 0 Å².